The van der Waals surface area contributed by atoms with Crippen molar-refractivity contribution in [2.75, 3.05) is 7.11 Å². The van der Waals surface area contributed by atoms with Crippen LogP contribution in [-0.4, -0.2) is 18.2 Å². The smallest absolute Gasteiger partial charge is 0.369 e. The van der Waals surface area contributed by atoms with Gasteiger partial charge in [-0.2, -0.15) is 0 Å². The van der Waals surface area contributed by atoms with Crippen molar-refractivity contribution in [2.45, 2.75) is 0 Å². The maximum absolute atomic E-state index is 11.0. The first-order valence-corrected chi connectivity index (χ1v) is 3.60. The van der Waals surface area contributed by atoms with Gasteiger partial charge in [-0.3, -0.25) is 4.84 Å². The second kappa shape index (κ2) is 4.22. The van der Waals surface area contributed by atoms with Gasteiger partial charge in [0.2, 0.25) is 0 Å². The lowest BCUT2D eigenvalue weighted by molar-refractivity contribution is 0.0508. The SMILES string of the molecule is COc1cc(C(=O)ON=O)ccc1O. The normalized spacial score (nSPS) is 9.21. The molecule has 0 aliphatic rings. The quantitative estimate of drug-likeness (QED) is 0.581. The molecule has 0 saturated carbocycles. The topological polar surface area (TPSA) is 85.2 Å². The summed E-state index contributed by atoms with van der Waals surface area (Å²) in [6, 6.07) is 3.77. The van der Waals surface area contributed by atoms with Crippen LogP contribution in [0.5, 0.6) is 11.5 Å². The number of benzene rings is 1. The molecule has 0 radical (unpaired) electrons. The Labute approximate surface area is 79.0 Å². The van der Waals surface area contributed by atoms with Crippen LogP contribution in [0.3, 0.4) is 0 Å². The molecule has 0 atom stereocenters. The van der Waals surface area contributed by atoms with Gasteiger partial charge in [0.25, 0.3) is 0 Å². The molecule has 0 fully saturated rings. The fourth-order valence-corrected chi connectivity index (χ4v) is 0.891. The molecule has 1 aromatic carbocycles. The number of hydrogen-bond donors (Lipinski definition) is 1. The van der Waals surface area contributed by atoms with E-state index in [0.29, 0.717) is 0 Å². The van der Waals surface area contributed by atoms with E-state index in [9.17, 15) is 14.8 Å². The number of carbonyl (C=O) groups excluding carboxylic acids is 1. The zero-order valence-corrected chi connectivity index (χ0v) is 7.26. The van der Waals surface area contributed by atoms with Gasteiger partial charge < -0.3 is 9.84 Å². The summed E-state index contributed by atoms with van der Waals surface area (Å²) in [6.45, 7) is 0. The minimum Gasteiger partial charge on any atom is -0.504 e. The van der Waals surface area contributed by atoms with Crippen molar-refractivity contribution in [2.24, 2.45) is 5.34 Å². The van der Waals surface area contributed by atoms with Gasteiger partial charge >= 0.3 is 5.97 Å². The van der Waals surface area contributed by atoms with E-state index in [0.717, 1.165) is 0 Å². The van der Waals surface area contributed by atoms with Crippen LogP contribution < -0.4 is 4.74 Å². The number of hydrogen-bond acceptors (Lipinski definition) is 6. The number of nitrogens with zero attached hydrogens (tertiary/aromatic N) is 1. The van der Waals surface area contributed by atoms with E-state index in [4.69, 9.17) is 4.74 Å². The summed E-state index contributed by atoms with van der Waals surface area (Å²) in [6.07, 6.45) is 0. The Bertz CT molecular complexity index is 363. The molecule has 0 heterocycles. The average Bonchev–Trinajstić information content (AvgIpc) is 2.19. The van der Waals surface area contributed by atoms with Crippen LogP contribution in [0.1, 0.15) is 10.4 Å². The molecule has 14 heavy (non-hydrogen) atoms. The number of ether oxygens (including phenoxy) is 1. The van der Waals surface area contributed by atoms with Gasteiger partial charge in [-0.15, -0.1) is 4.91 Å². The predicted molar refractivity (Wildman–Crippen MR) is 45.9 cm³/mol. The highest BCUT2D eigenvalue weighted by Crippen LogP contribution is 2.26. The maximum Gasteiger partial charge on any atom is 0.369 e. The largest absolute Gasteiger partial charge is 0.504 e. The molecule has 6 heteroatoms. The fraction of sp³-hybridized carbons (Fsp3) is 0.125. The van der Waals surface area contributed by atoms with Crippen LogP contribution in [0.2, 0.25) is 0 Å². The molecule has 0 aliphatic heterocycles. The molecular weight excluding hydrogens is 190 g/mol. The van der Waals surface area contributed by atoms with Crippen molar-refractivity contribution < 1.29 is 19.5 Å². The van der Waals surface area contributed by atoms with Crippen molar-refractivity contribution >= 4 is 5.97 Å². The van der Waals surface area contributed by atoms with Crippen molar-refractivity contribution in [1.29, 1.82) is 0 Å². The van der Waals surface area contributed by atoms with Gasteiger partial charge in [-0.25, -0.2) is 4.79 Å². The third kappa shape index (κ3) is 1.98. The predicted octanol–water partition coefficient (Wildman–Crippen LogP) is 1.24. The Morgan fingerprint density at radius 1 is 1.50 bits per heavy atom. The molecule has 1 rings (SSSR count). The first kappa shape index (κ1) is 9.97. The molecule has 1 aromatic rings. The molecule has 6 nitrogen and oxygen atoms in total. The van der Waals surface area contributed by atoms with E-state index >= 15 is 0 Å². The summed E-state index contributed by atoms with van der Waals surface area (Å²) < 4.78 is 4.75. The lowest BCUT2D eigenvalue weighted by Crippen LogP contribution is -2.00. The number of methoxy groups -OCH3 is 1. The molecule has 0 bridgehead atoms. The molecule has 0 spiro atoms. The Hall–Kier alpha value is -2.11. The monoisotopic (exact) mass is 197 g/mol. The number of carbonyl (C=O) groups is 1. The summed E-state index contributed by atoms with van der Waals surface area (Å²) in [5, 5.41) is 11.2. The maximum atomic E-state index is 11.0. The third-order valence-corrected chi connectivity index (χ3v) is 1.54. The summed E-state index contributed by atoms with van der Waals surface area (Å²) in [7, 11) is 1.34. The van der Waals surface area contributed by atoms with Crippen molar-refractivity contribution in [3.8, 4) is 11.5 Å². The van der Waals surface area contributed by atoms with E-state index in [2.05, 4.69) is 4.84 Å². The van der Waals surface area contributed by atoms with Gasteiger partial charge in [0, 0.05) is 0 Å². The second-order valence-corrected chi connectivity index (χ2v) is 2.34. The van der Waals surface area contributed by atoms with Crippen LogP contribution in [-0.2, 0) is 4.84 Å². The van der Waals surface area contributed by atoms with Crippen LogP contribution in [0, 0.1) is 4.91 Å². The standard InChI is InChI=1S/C8H7NO5/c1-13-7-4-5(2-3-6(7)10)8(11)14-9-12/h2-4,10H,1H3. The Morgan fingerprint density at radius 3 is 2.79 bits per heavy atom. The van der Waals surface area contributed by atoms with Crippen molar-refractivity contribution in [3.63, 3.8) is 0 Å². The molecule has 74 valence electrons. The summed E-state index contributed by atoms with van der Waals surface area (Å²) in [5.74, 6) is -0.897. The lowest BCUT2D eigenvalue weighted by Gasteiger charge is -2.03. The van der Waals surface area contributed by atoms with E-state index < -0.39 is 5.97 Å². The van der Waals surface area contributed by atoms with Gasteiger partial charge in [-0.1, -0.05) is 0 Å². The van der Waals surface area contributed by atoms with Crippen LogP contribution in [0.25, 0.3) is 0 Å². The van der Waals surface area contributed by atoms with E-state index in [1.54, 1.807) is 0 Å². The van der Waals surface area contributed by atoms with E-state index in [1.807, 2.05) is 5.34 Å². The highest BCUT2D eigenvalue weighted by molar-refractivity contribution is 5.90. The van der Waals surface area contributed by atoms with Crippen LogP contribution in [0.4, 0.5) is 0 Å². The van der Waals surface area contributed by atoms with E-state index in [1.165, 1.54) is 25.3 Å². The van der Waals surface area contributed by atoms with Crippen LogP contribution in [0.15, 0.2) is 23.5 Å². The Balaban J connectivity index is 2.99. The lowest BCUT2D eigenvalue weighted by atomic mass is 10.2. The number of phenols is 1. The van der Waals surface area contributed by atoms with Gasteiger partial charge in [0.15, 0.2) is 16.8 Å². The van der Waals surface area contributed by atoms with E-state index in [-0.39, 0.29) is 17.1 Å². The summed E-state index contributed by atoms with van der Waals surface area (Å²) in [5.41, 5.74) is 0.0688. The summed E-state index contributed by atoms with van der Waals surface area (Å²) >= 11 is 0. The highest BCUT2D eigenvalue weighted by atomic mass is 16.7. The number of aromatic hydroxyl groups is 1. The second-order valence-electron chi connectivity index (χ2n) is 2.34. The van der Waals surface area contributed by atoms with Gasteiger partial charge in [0.1, 0.15) is 0 Å². The van der Waals surface area contributed by atoms with Crippen molar-refractivity contribution in [3.05, 3.63) is 28.7 Å². The number of rotatable bonds is 3. The minimum absolute atomic E-state index is 0.0688. The molecule has 0 aromatic heterocycles. The molecule has 0 amide bonds. The molecule has 1 N–H and O–H groups in total. The van der Waals surface area contributed by atoms with Gasteiger partial charge in [0.05, 0.1) is 12.7 Å². The van der Waals surface area contributed by atoms with Crippen LogP contribution >= 0.6 is 0 Å². The molecule has 0 unspecified atom stereocenters. The molecule has 0 aliphatic carbocycles. The number of phenolic OH excluding ortho intramolecular Hbond substituents is 1. The minimum atomic E-state index is -0.904. The first-order valence-electron chi connectivity index (χ1n) is 3.60. The zero-order valence-electron chi connectivity index (χ0n) is 7.26. The Kier molecular flexibility index (Phi) is 3.01. The average molecular weight is 197 g/mol. The third-order valence-electron chi connectivity index (χ3n) is 1.54. The highest BCUT2D eigenvalue weighted by Gasteiger charge is 2.11. The van der Waals surface area contributed by atoms with Gasteiger partial charge in [-0.05, 0) is 18.2 Å². The first-order chi connectivity index (χ1) is 6.69. The fourth-order valence-electron chi connectivity index (χ4n) is 0.891. The summed E-state index contributed by atoms with van der Waals surface area (Å²) in [4.78, 5) is 24.5. The van der Waals surface area contributed by atoms with Crippen molar-refractivity contribution in [1.82, 2.24) is 0 Å². The Morgan fingerprint density at radius 2 is 2.21 bits per heavy atom. The zero-order chi connectivity index (χ0) is 10.6. The molecule has 0 saturated heterocycles. The molecular formula is C8H7NO5.